The molecule has 12 nitrogen and oxygen atoms in total. The zero-order valence-electron chi connectivity index (χ0n) is 22.7. The lowest BCUT2D eigenvalue weighted by Gasteiger charge is -2.34. The minimum absolute atomic E-state index is 0.102. The second kappa shape index (κ2) is 12.4. The van der Waals surface area contributed by atoms with Gasteiger partial charge in [0.05, 0.1) is 0 Å². The van der Waals surface area contributed by atoms with E-state index in [1.165, 1.54) is 17.0 Å². The fourth-order valence-electron chi connectivity index (χ4n) is 3.91. The van der Waals surface area contributed by atoms with Crippen molar-refractivity contribution in [2.45, 2.75) is 72.1 Å². The number of carbonyl (C=O) groups is 3. The van der Waals surface area contributed by atoms with E-state index >= 15 is 0 Å². The van der Waals surface area contributed by atoms with Gasteiger partial charge in [-0.15, -0.1) is 0 Å². The predicted molar refractivity (Wildman–Crippen MR) is 146 cm³/mol. The minimum Gasteiger partial charge on any atom is -0.444 e. The highest BCUT2D eigenvalue weighted by Gasteiger charge is 2.37. The van der Waals surface area contributed by atoms with E-state index in [4.69, 9.17) is 26.4 Å². The fourth-order valence-corrected chi connectivity index (χ4v) is 3.91. The molecule has 3 amide bonds. The van der Waals surface area contributed by atoms with Gasteiger partial charge in [0.1, 0.15) is 23.3 Å². The zero-order chi connectivity index (χ0) is 28.8. The lowest BCUT2D eigenvalue weighted by molar-refractivity contribution is -0.126. The molecule has 0 radical (unpaired) electrons. The van der Waals surface area contributed by atoms with Crippen LogP contribution in [0.25, 0.3) is 11.0 Å². The molecule has 1 aromatic carbocycles. The number of nitrogens with two attached hydrogens (primary N) is 3. The highest BCUT2D eigenvalue weighted by molar-refractivity contribution is 6.05. The molecule has 0 saturated carbocycles. The number of anilines is 1. The summed E-state index contributed by atoms with van der Waals surface area (Å²) in [6.07, 6.45) is -0.318. The number of primary amides is 1. The fraction of sp³-hybridized carbons (Fsp3) is 0.500. The van der Waals surface area contributed by atoms with Crippen molar-refractivity contribution in [2.24, 2.45) is 28.1 Å². The number of nitrogens with one attached hydrogen (secondary N) is 1. The molecule has 0 spiro atoms. The number of aliphatic imine (C=N–C) groups is 1. The molecule has 7 N–H and O–H groups in total. The quantitative estimate of drug-likeness (QED) is 0.154. The Morgan fingerprint density at radius 3 is 2.34 bits per heavy atom. The van der Waals surface area contributed by atoms with Gasteiger partial charge in [-0.3, -0.25) is 19.5 Å². The summed E-state index contributed by atoms with van der Waals surface area (Å²) in [5.41, 5.74) is 16.4. The monoisotopic (exact) mass is 530 g/mol. The summed E-state index contributed by atoms with van der Waals surface area (Å²) in [5.74, 6) is -1.84. The van der Waals surface area contributed by atoms with Gasteiger partial charge >= 0.3 is 11.7 Å². The molecular formula is C26H38N6O6. The Kier molecular flexibility index (Phi) is 9.86. The van der Waals surface area contributed by atoms with Gasteiger partial charge in [-0.05, 0) is 64.2 Å². The van der Waals surface area contributed by atoms with E-state index in [1.54, 1.807) is 53.7 Å². The van der Waals surface area contributed by atoms with Crippen molar-refractivity contribution in [1.29, 1.82) is 0 Å². The largest absolute Gasteiger partial charge is 0.444 e. The van der Waals surface area contributed by atoms with Gasteiger partial charge in [0.25, 0.3) is 5.91 Å². The van der Waals surface area contributed by atoms with E-state index in [1.807, 2.05) is 0 Å². The number of rotatable bonds is 10. The first kappa shape index (κ1) is 30.1. The Labute approximate surface area is 221 Å². The van der Waals surface area contributed by atoms with Crippen molar-refractivity contribution in [3.63, 3.8) is 0 Å². The van der Waals surface area contributed by atoms with Crippen LogP contribution in [0.4, 0.5) is 10.5 Å². The summed E-state index contributed by atoms with van der Waals surface area (Å²) < 4.78 is 10.7. The van der Waals surface area contributed by atoms with Crippen LogP contribution in [-0.4, -0.2) is 48.1 Å². The van der Waals surface area contributed by atoms with Crippen molar-refractivity contribution >= 4 is 40.5 Å². The molecule has 0 bridgehead atoms. The van der Waals surface area contributed by atoms with Gasteiger partial charge in [0.15, 0.2) is 5.96 Å². The van der Waals surface area contributed by atoms with Crippen molar-refractivity contribution in [1.82, 2.24) is 5.32 Å². The van der Waals surface area contributed by atoms with Crippen LogP contribution in [0.2, 0.25) is 0 Å². The van der Waals surface area contributed by atoms with E-state index < -0.39 is 41.2 Å². The maximum absolute atomic E-state index is 14.0. The molecule has 0 aliphatic heterocycles. The summed E-state index contributed by atoms with van der Waals surface area (Å²) in [5, 5.41) is 3.28. The van der Waals surface area contributed by atoms with Crippen LogP contribution in [0.3, 0.4) is 0 Å². The van der Waals surface area contributed by atoms with E-state index in [9.17, 15) is 19.2 Å². The van der Waals surface area contributed by atoms with Gasteiger partial charge in [0.2, 0.25) is 5.91 Å². The van der Waals surface area contributed by atoms with Gasteiger partial charge in [-0.1, -0.05) is 13.8 Å². The van der Waals surface area contributed by atoms with E-state index in [-0.39, 0.29) is 36.1 Å². The van der Waals surface area contributed by atoms with E-state index in [0.29, 0.717) is 17.4 Å². The lowest BCUT2D eigenvalue weighted by Crippen LogP contribution is -2.57. The number of nitrogens with zero attached hydrogens (tertiary/aromatic N) is 2. The third-order valence-electron chi connectivity index (χ3n) is 5.63. The molecular weight excluding hydrogens is 492 g/mol. The van der Waals surface area contributed by atoms with Crippen LogP contribution in [0, 0.1) is 12.8 Å². The third kappa shape index (κ3) is 8.22. The van der Waals surface area contributed by atoms with E-state index in [0.717, 1.165) is 0 Å². The Balaban J connectivity index is 2.59. The van der Waals surface area contributed by atoms with Gasteiger partial charge in [-0.2, -0.15) is 0 Å². The molecule has 0 unspecified atom stereocenters. The van der Waals surface area contributed by atoms with Crippen molar-refractivity contribution in [2.75, 3.05) is 11.4 Å². The number of fused-ring (bicyclic) bond motifs is 1. The minimum atomic E-state index is -1.12. The molecule has 0 aliphatic carbocycles. The number of carbonyl (C=O) groups excluding carboxylic acids is 3. The second-order valence-electron chi connectivity index (χ2n) is 10.4. The number of hydrogen-bond acceptors (Lipinski definition) is 7. The molecule has 2 aromatic rings. The number of guanidine groups is 1. The molecule has 2 rings (SSSR count). The van der Waals surface area contributed by atoms with Crippen LogP contribution >= 0.6 is 0 Å². The first-order valence-electron chi connectivity index (χ1n) is 12.3. The van der Waals surface area contributed by atoms with Crippen molar-refractivity contribution in [3.05, 3.63) is 40.2 Å². The van der Waals surface area contributed by atoms with Gasteiger partial charge < -0.3 is 31.7 Å². The van der Waals surface area contributed by atoms with E-state index in [2.05, 4.69) is 10.3 Å². The van der Waals surface area contributed by atoms with Gasteiger partial charge in [0, 0.05) is 29.8 Å². The molecule has 0 saturated heterocycles. The van der Waals surface area contributed by atoms with Crippen LogP contribution in [-0.2, 0) is 14.3 Å². The van der Waals surface area contributed by atoms with Crippen molar-refractivity contribution in [3.8, 4) is 0 Å². The zero-order valence-corrected chi connectivity index (χ0v) is 22.7. The maximum Gasteiger partial charge on any atom is 0.408 e. The van der Waals surface area contributed by atoms with Gasteiger partial charge in [-0.25, -0.2) is 9.59 Å². The topological polar surface area (TPSA) is 196 Å². The average Bonchev–Trinajstić information content (AvgIpc) is 2.76. The van der Waals surface area contributed by atoms with Crippen LogP contribution in [0.15, 0.2) is 38.5 Å². The van der Waals surface area contributed by atoms with Crippen LogP contribution < -0.4 is 33.0 Å². The standard InChI is InChI=1S/C26H38N6O6/c1-14(2)21(31-25(36)38-26(4,5)6)23(35)32(18(22(27)34)8-7-11-30-24(28)29)16-9-10-17-15(3)12-20(33)37-19(17)13-16/h9-10,12-14,18,21H,7-8,11H2,1-6H3,(H2,27,34)(H,31,36)(H4,28,29,30)/t18-,21-/m0/s1. The number of amides is 3. The Morgan fingerprint density at radius 2 is 1.79 bits per heavy atom. The Hall–Kier alpha value is -4.09. The SMILES string of the molecule is Cc1cc(=O)oc2cc(N(C(=O)[C@@H](NC(=O)OC(C)(C)C)C(C)C)[C@@H](CCCN=C(N)N)C(N)=O)ccc12. The highest BCUT2D eigenvalue weighted by Crippen LogP contribution is 2.28. The molecule has 1 heterocycles. The Bertz CT molecular complexity index is 1260. The summed E-state index contributed by atoms with van der Waals surface area (Å²) in [7, 11) is 0. The average molecular weight is 531 g/mol. The number of benzene rings is 1. The van der Waals surface area contributed by atoms with Crippen LogP contribution in [0.1, 0.15) is 53.0 Å². The summed E-state index contributed by atoms with van der Waals surface area (Å²) in [6.45, 7) is 10.6. The smallest absolute Gasteiger partial charge is 0.408 e. The third-order valence-corrected chi connectivity index (χ3v) is 5.63. The number of hydrogen-bond donors (Lipinski definition) is 4. The molecule has 2 atom stereocenters. The number of ether oxygens (including phenoxy) is 1. The normalized spacial score (nSPS) is 13.0. The van der Waals surface area contributed by atoms with Crippen molar-refractivity contribution < 1.29 is 23.5 Å². The summed E-state index contributed by atoms with van der Waals surface area (Å²) in [6, 6.07) is 3.99. The maximum atomic E-state index is 14.0. The number of aryl methyl sites for hydroxylation is 1. The highest BCUT2D eigenvalue weighted by atomic mass is 16.6. The molecule has 0 aliphatic rings. The number of alkyl carbamates (subject to hydrolysis) is 1. The van der Waals surface area contributed by atoms with Crippen LogP contribution in [0.5, 0.6) is 0 Å². The summed E-state index contributed by atoms with van der Waals surface area (Å²) >= 11 is 0. The molecule has 12 heteroatoms. The second-order valence-corrected chi connectivity index (χ2v) is 10.4. The Morgan fingerprint density at radius 1 is 1.13 bits per heavy atom. The molecule has 1 aromatic heterocycles. The molecule has 0 fully saturated rings. The first-order valence-corrected chi connectivity index (χ1v) is 12.3. The molecule has 38 heavy (non-hydrogen) atoms. The lowest BCUT2D eigenvalue weighted by atomic mass is 9.99. The first-order chi connectivity index (χ1) is 17.6. The predicted octanol–water partition coefficient (Wildman–Crippen LogP) is 1.89. The molecule has 208 valence electrons. The summed E-state index contributed by atoms with van der Waals surface area (Å²) in [4.78, 5) is 56.4.